The summed E-state index contributed by atoms with van der Waals surface area (Å²) in [5, 5.41) is 30.4. The summed E-state index contributed by atoms with van der Waals surface area (Å²) in [4.78, 5) is 160. The number of hydrogen-bond acceptors (Lipinski definition) is 51. The molecule has 0 spiro atoms. The fourth-order valence-electron chi connectivity index (χ4n) is 16.0. The number of aromatic nitrogens is 24. The molecule has 0 amide bonds. The molecule has 0 radical (unpaired) electrons. The van der Waals surface area contributed by atoms with E-state index in [0.717, 1.165) is 34.4 Å². The van der Waals surface area contributed by atoms with Crippen LogP contribution in [0.15, 0.2) is 71.3 Å². The van der Waals surface area contributed by atoms with Crippen LogP contribution in [0.2, 0.25) is 0 Å². The maximum absolute atomic E-state index is 16.0. The number of thiol groups is 1. The van der Waals surface area contributed by atoms with Gasteiger partial charge in [0.05, 0.1) is 100 Å². The monoisotopic (exact) mass is 2180 g/mol. The van der Waals surface area contributed by atoms with E-state index in [-0.39, 0.29) is 102 Å². The molecule has 0 aliphatic carbocycles. The maximum atomic E-state index is 16.0. The second-order valence-corrected chi connectivity index (χ2v) is 50.2. The average molecular weight is 2180 g/mol. The highest BCUT2D eigenvalue weighted by atomic mass is 32.7. The minimum Gasteiger partial charge on any atom is -0.389 e. The molecule has 6 unspecified atom stereocenters. The first kappa shape index (κ1) is 98.2. The molecule has 6 bridgehead atoms. The predicted molar refractivity (Wildman–Crippen MR) is 488 cm³/mol. The smallest absolute Gasteiger partial charge is 0.386 e. The fourth-order valence-corrected chi connectivity index (χ4v) is 28.0. The van der Waals surface area contributed by atoms with E-state index < -0.39 is 240 Å². The molecule has 9 aliphatic rings. The largest absolute Gasteiger partial charge is 0.389 e. The quantitative estimate of drug-likeness (QED) is 0.0532. The number of nitrogens with two attached hydrogens (primary N) is 6. The number of imidazole rings is 6. The summed E-state index contributed by atoms with van der Waals surface area (Å²) in [5.41, 5.74) is 31.6. The van der Waals surface area contributed by atoms with E-state index >= 15 is 13.2 Å². The van der Waals surface area contributed by atoms with Crippen molar-refractivity contribution in [3.8, 4) is 12.3 Å². The normalized spacial score (nSPS) is 37.8. The Labute approximate surface area is 798 Å². The van der Waals surface area contributed by atoms with Gasteiger partial charge in [0.2, 0.25) is 17.8 Å². The zero-order valence-corrected chi connectivity index (χ0v) is 80.0. The number of aliphatic hydroxyl groups is 3. The number of nitrogens with one attached hydrogen (secondary N) is 3. The van der Waals surface area contributed by atoms with Gasteiger partial charge in [-0.05, 0) is 59.0 Å². The number of nitrogen functional groups attached to an aromatic ring is 6. The fraction of sp³-hybridized carbons (Fsp3) is 0.484. The highest BCUT2D eigenvalue weighted by Gasteiger charge is 2.62. The molecule has 0 saturated carbocycles. The SMILES string of the molecule is C#C[C@@]12COP(O)(=S)O[C@@H]3[C@@H](F)[C@@H](COP(O)(=S)O[C@H]1[C@@H](O)[C@H](n1cnc4c(N)ncnc41)O2)O[C@H]3n1cnc2c(=O)[nH]c(N)nc21.Nc1nc2c(ncn2[C@@H]2S[C@@H]3COP(O)(=S)O[C@H]4[C@H](F)[C@H](n5cnc6c(N)ncnc65)O[C@@H]4COP(=O)(S)O[C@@H]2[C@@H]3O)c(=O)[nH]1.Nc1nc2c(ncn2[C@@H]2S[C@@H]3COP(O)(=S)O[C@H]4[C@H](F)[C@H](n5cnc6c(N)ncnc65)O[C@@H]4COP(O)(=S)O[C@@H]2[C@@H]3O)c(=O)[nH]1. The Morgan fingerprint density at radius 1 is 0.423 bits per heavy atom. The number of aromatic amines is 3. The van der Waals surface area contributed by atoms with E-state index in [1.54, 1.807) is 0 Å². The van der Waals surface area contributed by atoms with Crippen LogP contribution in [0.1, 0.15) is 35.7 Å². The molecule has 137 heavy (non-hydrogen) atoms. The topological polar surface area (TPSA) is 804 Å². The Morgan fingerprint density at radius 2 is 0.766 bits per heavy atom. The Kier molecular flexibility index (Phi) is 26.7. The van der Waals surface area contributed by atoms with Gasteiger partial charge in [-0.2, -0.15) is 15.0 Å². The number of anilines is 6. The third-order valence-electron chi connectivity index (χ3n) is 22.2. The third kappa shape index (κ3) is 18.9. The zero-order valence-electron chi connectivity index (χ0n) is 68.0. The molecule has 734 valence electrons. The second kappa shape index (κ2) is 37.3. The van der Waals surface area contributed by atoms with Crippen LogP contribution in [0, 0.1) is 12.3 Å². The van der Waals surface area contributed by atoms with E-state index in [1.165, 1.54) is 73.5 Å². The number of fused-ring (bicyclic) bond motifs is 15. The van der Waals surface area contributed by atoms with Crippen LogP contribution in [-0.2, 0) is 137 Å². The van der Waals surface area contributed by atoms with Crippen LogP contribution < -0.4 is 51.1 Å². The average Bonchev–Trinajstić information content (AvgIpc) is 1.54. The molecule has 0 aromatic carbocycles. The Bertz CT molecular complexity index is 7050. The van der Waals surface area contributed by atoms with Crippen molar-refractivity contribution in [1.82, 2.24) is 117 Å². The summed E-state index contributed by atoms with van der Waals surface area (Å²) in [6.07, 6.45) is -12.7. The van der Waals surface area contributed by atoms with Crippen molar-refractivity contribution in [2.45, 2.75) is 144 Å². The van der Waals surface area contributed by atoms with Crippen molar-refractivity contribution in [3.05, 3.63) is 88.0 Å². The van der Waals surface area contributed by atoms with Crippen molar-refractivity contribution in [2.75, 3.05) is 74.0 Å². The number of terminal acetylenes is 1. The van der Waals surface area contributed by atoms with Crippen molar-refractivity contribution < 1.29 is 131 Å². The first-order chi connectivity index (χ1) is 64.9. The molecular weight excluding hydrogens is 2110 g/mol. The summed E-state index contributed by atoms with van der Waals surface area (Å²) in [6.45, 7) is -29.3. The second-order valence-electron chi connectivity index (χ2n) is 30.7. The molecule has 21 rings (SSSR count). The number of halogens is 3. The van der Waals surface area contributed by atoms with Gasteiger partial charge in [0.25, 0.3) is 16.7 Å². The lowest BCUT2D eigenvalue weighted by Crippen LogP contribution is -2.47. The van der Waals surface area contributed by atoms with Crippen LogP contribution in [0.3, 0.4) is 0 Å². The summed E-state index contributed by atoms with van der Waals surface area (Å²) in [5.74, 6) is 1.87. The third-order valence-corrected chi connectivity index (χ3v) is 34.6. The van der Waals surface area contributed by atoms with E-state index in [4.69, 9.17) is 173 Å². The van der Waals surface area contributed by atoms with Crippen LogP contribution in [0.4, 0.5) is 48.5 Å². The van der Waals surface area contributed by atoms with Crippen LogP contribution >= 0.6 is 76.2 Å². The molecule has 23 N–H and O–H groups in total. The van der Waals surface area contributed by atoms with Gasteiger partial charge in [-0.25, -0.2) is 77.5 Å². The first-order valence-electron chi connectivity index (χ1n) is 39.2. The van der Waals surface area contributed by atoms with Gasteiger partial charge in [0.1, 0.15) is 107 Å². The molecule has 12 aromatic heterocycles. The Hall–Kier alpha value is -7.58. The molecule has 21 heterocycles. The lowest BCUT2D eigenvalue weighted by Gasteiger charge is -2.33. The van der Waals surface area contributed by atoms with Crippen molar-refractivity contribution in [3.63, 3.8) is 0 Å². The Balaban J connectivity index is 0.000000132. The lowest BCUT2D eigenvalue weighted by atomic mass is 9.97. The van der Waals surface area contributed by atoms with E-state index in [1.807, 2.05) is 0 Å². The number of rotatable bonds is 6. The van der Waals surface area contributed by atoms with Gasteiger partial charge in [-0.15, -0.1) is 29.9 Å². The summed E-state index contributed by atoms with van der Waals surface area (Å²) >= 11 is 32.3. The number of ether oxygens (including phenoxy) is 4. The summed E-state index contributed by atoms with van der Waals surface area (Å²) in [6, 6.07) is 0. The van der Waals surface area contributed by atoms with Gasteiger partial charge in [-0.3, -0.25) is 88.4 Å². The minimum absolute atomic E-state index is 0.0364. The van der Waals surface area contributed by atoms with Crippen LogP contribution in [0.25, 0.3) is 67.0 Å². The van der Waals surface area contributed by atoms with E-state index in [2.05, 4.69) is 108 Å². The van der Waals surface area contributed by atoms with Gasteiger partial charge < -0.3 is 116 Å². The van der Waals surface area contributed by atoms with Crippen molar-refractivity contribution in [2.24, 2.45) is 0 Å². The molecule has 12 aromatic rings. The predicted octanol–water partition coefficient (Wildman–Crippen LogP) is -1.14. The molecule has 58 nitrogen and oxygen atoms in total. The Morgan fingerprint density at radius 3 is 1.20 bits per heavy atom. The lowest BCUT2D eigenvalue weighted by molar-refractivity contribution is -0.0912. The van der Waals surface area contributed by atoms with Gasteiger partial charge in [-0.1, -0.05) is 18.2 Å². The molecule has 75 heteroatoms. The number of hydrogen-bond donors (Lipinski definition) is 18. The van der Waals surface area contributed by atoms with Crippen LogP contribution in [0.5, 0.6) is 0 Å². The molecular formula is C62H69F3N30O28P6S8. The number of thioether (sulfide) groups is 2. The van der Waals surface area contributed by atoms with Crippen molar-refractivity contribution in [1.29, 1.82) is 0 Å². The minimum atomic E-state index is -4.46. The van der Waals surface area contributed by atoms with Gasteiger partial charge >= 0.3 is 40.4 Å². The highest BCUT2D eigenvalue weighted by Crippen LogP contribution is 2.63. The molecule has 9 fully saturated rings. The molecule has 9 saturated heterocycles. The summed E-state index contributed by atoms with van der Waals surface area (Å²) in [7, 11) is 0. The number of H-pyrrole nitrogens is 3. The zero-order chi connectivity index (χ0) is 97.1. The number of alkyl halides is 3. The maximum Gasteiger partial charge on any atom is 0.386 e. The van der Waals surface area contributed by atoms with Gasteiger partial charge in [0, 0.05) is 0 Å². The van der Waals surface area contributed by atoms with Crippen LogP contribution in [-0.4, -0.2) is 304 Å². The molecule has 9 aliphatic heterocycles. The standard InChI is InChI=1S/C22H23FN10O10P2S2.2C20H23FN10O9P2S3/c1-2-22-4-39-45(37,47)42-13-9(23)8(40-20(13)33-7-29-11-17(33)30-21(25)31-18(11)35)3-38-44(36,46)43-14(22)12(34)19(41-22)32-6-28-10-15(24)26-5-27-16(10)32;2*21-8-12-6(38-18(8)30-4-26-9-14(22)24-3-25-15(9)30)1-36-41(34,43)40-13-11(32)7(2-37-42(35,44)39-12)45-19(13)31-5-27-10-16(31)28-20(23)29-17(10)33/h1,5-9,12-14,19-20,34H,3-4H2,(H,36,46)(H,37,47)(H2,24,26,27)(H3,25,30,31,35);2*3-8,11-13,18-19,32H,1-2H2,(H,34,43)(H,35,44)(H2,22,24,25)(H3,23,28,29,33)/t8-,9+,12-,13-,14+,19-,20-,22-,44?,45?;2*6-,7-,8+,11-,12-,13-,18-,19-,41?,42?/m111/s1. The first-order valence-corrected chi connectivity index (χ1v) is 56.7. The molecule has 30 atom stereocenters. The summed E-state index contributed by atoms with van der Waals surface area (Å²) < 4.78 is 161. The van der Waals surface area contributed by atoms with Gasteiger partial charge in [0.15, 0.2) is 117 Å². The highest BCUT2D eigenvalue weighted by molar-refractivity contribution is 8.44. The van der Waals surface area contributed by atoms with Crippen molar-refractivity contribution >= 4 is 237 Å². The van der Waals surface area contributed by atoms with E-state index in [0.29, 0.717) is 0 Å². The number of aliphatic hydroxyl groups excluding tert-OH is 3. The van der Waals surface area contributed by atoms with E-state index in [9.17, 15) is 58.7 Å². The number of nitrogens with zero attached hydrogens (tertiary/aromatic N) is 21.